The first kappa shape index (κ1) is 29.9. The second-order valence-corrected chi connectivity index (χ2v) is 11.2. The van der Waals surface area contributed by atoms with Crippen LogP contribution in [-0.4, -0.2) is 46.3 Å². The summed E-state index contributed by atoms with van der Waals surface area (Å²) in [5.41, 5.74) is 3.33. The number of hydrogen-bond acceptors (Lipinski definition) is 5. The molecule has 3 atom stereocenters. The van der Waals surface area contributed by atoms with E-state index in [-0.39, 0.29) is 38.3 Å². The van der Waals surface area contributed by atoms with Gasteiger partial charge in [0.05, 0.1) is 18.4 Å². The quantitative estimate of drug-likeness (QED) is 0.310. The monoisotopic (exact) mass is 589 g/mol. The zero-order valence-corrected chi connectivity index (χ0v) is 23.7. The van der Waals surface area contributed by atoms with Crippen molar-refractivity contribution in [3.63, 3.8) is 0 Å². The number of benzene rings is 3. The second kappa shape index (κ2) is 12.7. The smallest absolute Gasteiger partial charge is 0.306 e. The van der Waals surface area contributed by atoms with Gasteiger partial charge in [-0.25, -0.2) is 13.8 Å². The molecule has 1 aliphatic carbocycles. The Hall–Kier alpha value is -4.60. The van der Waals surface area contributed by atoms with Gasteiger partial charge in [0.15, 0.2) is 6.61 Å². The van der Waals surface area contributed by atoms with E-state index >= 15 is 0 Å². The van der Waals surface area contributed by atoms with Crippen molar-refractivity contribution in [1.82, 2.24) is 5.01 Å². The molecular formula is C33H33F2N3O5. The molecule has 1 fully saturated rings. The predicted octanol–water partition coefficient (Wildman–Crippen LogP) is 5.83. The number of carboxylic acids is 1. The van der Waals surface area contributed by atoms with Gasteiger partial charge in [0.25, 0.3) is 5.91 Å². The molecule has 8 nitrogen and oxygen atoms in total. The maximum absolute atomic E-state index is 14.3. The van der Waals surface area contributed by atoms with E-state index in [4.69, 9.17) is 4.74 Å². The van der Waals surface area contributed by atoms with Crippen LogP contribution < -0.4 is 5.32 Å². The Bertz CT molecular complexity index is 1510. The number of carbonyl (C=O) groups is 3. The van der Waals surface area contributed by atoms with Crippen molar-refractivity contribution >= 4 is 29.4 Å². The molecule has 1 saturated carbocycles. The third-order valence-corrected chi connectivity index (χ3v) is 7.88. The Morgan fingerprint density at radius 2 is 1.81 bits per heavy atom. The molecule has 3 aromatic carbocycles. The zero-order valence-electron chi connectivity index (χ0n) is 23.7. The van der Waals surface area contributed by atoms with Crippen LogP contribution in [0.15, 0.2) is 84.0 Å². The molecule has 3 unspecified atom stereocenters. The van der Waals surface area contributed by atoms with E-state index in [9.17, 15) is 28.3 Å². The van der Waals surface area contributed by atoms with E-state index in [0.717, 1.165) is 16.7 Å². The van der Waals surface area contributed by atoms with Crippen molar-refractivity contribution in [2.24, 2.45) is 16.9 Å². The van der Waals surface area contributed by atoms with Gasteiger partial charge in [-0.1, -0.05) is 61.5 Å². The van der Waals surface area contributed by atoms with Gasteiger partial charge in [0.2, 0.25) is 17.7 Å². The molecule has 0 aromatic heterocycles. The van der Waals surface area contributed by atoms with Crippen molar-refractivity contribution in [3.05, 3.63) is 101 Å². The largest absolute Gasteiger partial charge is 0.481 e. The van der Waals surface area contributed by atoms with Gasteiger partial charge in [0.1, 0.15) is 0 Å². The van der Waals surface area contributed by atoms with Crippen LogP contribution in [0.4, 0.5) is 14.5 Å². The summed E-state index contributed by atoms with van der Waals surface area (Å²) in [6.07, 6.45) is -0.158. The van der Waals surface area contributed by atoms with Gasteiger partial charge in [-0.2, -0.15) is 0 Å². The highest BCUT2D eigenvalue weighted by atomic mass is 19.3. The number of amides is 2. The molecule has 43 heavy (non-hydrogen) atoms. The first-order valence-electron chi connectivity index (χ1n) is 14.2. The number of ether oxygens (including phenoxy) is 1. The fourth-order valence-electron chi connectivity index (χ4n) is 5.59. The van der Waals surface area contributed by atoms with Gasteiger partial charge < -0.3 is 15.2 Å². The highest BCUT2D eigenvalue weighted by molar-refractivity contribution is 5.98. The Morgan fingerprint density at radius 1 is 1.07 bits per heavy atom. The molecule has 1 heterocycles. The summed E-state index contributed by atoms with van der Waals surface area (Å²) in [4.78, 5) is 37.4. The summed E-state index contributed by atoms with van der Waals surface area (Å²) in [5, 5.41) is 17.8. The lowest BCUT2D eigenvalue weighted by molar-refractivity contribution is -0.141. The highest BCUT2D eigenvalue weighted by Gasteiger charge is 2.45. The summed E-state index contributed by atoms with van der Waals surface area (Å²) in [6, 6.07) is 23.2. The number of hydrazone groups is 1. The average molecular weight is 590 g/mol. The van der Waals surface area contributed by atoms with E-state index < -0.39 is 35.6 Å². The number of hydrogen-bond donors (Lipinski definition) is 2. The summed E-state index contributed by atoms with van der Waals surface area (Å²) in [5.74, 6) is -6.08. The van der Waals surface area contributed by atoms with Gasteiger partial charge in [-0.15, -0.1) is 5.10 Å². The fraction of sp³-hybridized carbons (Fsp3) is 0.333. The van der Waals surface area contributed by atoms with Gasteiger partial charge >= 0.3 is 5.97 Å². The fourth-order valence-corrected chi connectivity index (χ4v) is 5.59. The van der Waals surface area contributed by atoms with Gasteiger partial charge in [-0.3, -0.25) is 14.4 Å². The Labute approximate surface area is 248 Å². The average Bonchev–Trinajstić information content (AvgIpc) is 3.34. The number of nitrogens with one attached hydrogen (secondary N) is 1. The molecule has 0 saturated heterocycles. The Kier molecular flexibility index (Phi) is 8.84. The molecule has 0 bridgehead atoms. The Balaban J connectivity index is 1.34. The minimum Gasteiger partial charge on any atom is -0.481 e. The molecule has 2 aliphatic rings. The molecule has 2 amide bonds. The van der Waals surface area contributed by atoms with Crippen molar-refractivity contribution in [2.45, 2.75) is 51.0 Å². The van der Waals surface area contributed by atoms with Gasteiger partial charge in [0, 0.05) is 24.1 Å². The predicted molar refractivity (Wildman–Crippen MR) is 157 cm³/mol. The number of halogens is 2. The number of rotatable bonds is 10. The molecule has 1 aliphatic heterocycles. The molecule has 10 heteroatoms. The van der Waals surface area contributed by atoms with E-state index in [1.165, 1.54) is 5.01 Å². The minimum atomic E-state index is -2.83. The zero-order chi connectivity index (χ0) is 30.6. The van der Waals surface area contributed by atoms with E-state index in [1.807, 2.05) is 30.3 Å². The minimum absolute atomic E-state index is 0.139. The lowest BCUT2D eigenvalue weighted by Crippen LogP contribution is -2.36. The van der Waals surface area contributed by atoms with Crippen LogP contribution in [0.5, 0.6) is 0 Å². The number of alkyl halides is 2. The van der Waals surface area contributed by atoms with Gasteiger partial charge in [-0.05, 0) is 59.7 Å². The molecule has 2 N–H and O–H groups in total. The summed E-state index contributed by atoms with van der Waals surface area (Å²) in [6.45, 7) is 1.65. The summed E-state index contributed by atoms with van der Waals surface area (Å²) >= 11 is 0. The SMILES string of the molecule is CC(Cc1cccc(NC(=O)C(c2ccc(CN3N=C(c4ccccc4)OCC3=O)cc2)C2CCC(F)(F)C2)c1)C(=O)O. The maximum atomic E-state index is 14.3. The van der Waals surface area contributed by atoms with Crippen LogP contribution >= 0.6 is 0 Å². The standard InChI is InChI=1S/C33H33F2N3O5/c1-21(32(41)42)16-23-6-5-9-27(17-23)36-30(40)29(26-14-15-33(34,35)18-26)24-12-10-22(11-13-24)19-38-28(39)20-43-31(37-38)25-7-3-2-4-8-25/h2-13,17,21,26,29H,14-16,18-20H2,1H3,(H,36,40)(H,41,42). The van der Waals surface area contributed by atoms with E-state index in [2.05, 4.69) is 10.4 Å². The molecule has 3 aromatic rings. The lowest BCUT2D eigenvalue weighted by Gasteiger charge is -2.25. The van der Waals surface area contributed by atoms with Crippen molar-refractivity contribution in [3.8, 4) is 0 Å². The number of carbonyl (C=O) groups excluding carboxylic acids is 2. The van der Waals surface area contributed by atoms with E-state index in [0.29, 0.717) is 23.6 Å². The second-order valence-electron chi connectivity index (χ2n) is 11.2. The molecule has 224 valence electrons. The van der Waals surface area contributed by atoms with E-state index in [1.54, 1.807) is 55.5 Å². The highest BCUT2D eigenvalue weighted by Crippen LogP contribution is 2.46. The van der Waals surface area contributed by atoms with Crippen LogP contribution in [0, 0.1) is 11.8 Å². The molecule has 5 rings (SSSR count). The normalized spacial score (nSPS) is 19.2. The molecule has 0 radical (unpaired) electrons. The summed E-state index contributed by atoms with van der Waals surface area (Å²) < 4.78 is 34.1. The van der Waals surface area contributed by atoms with Crippen molar-refractivity contribution in [1.29, 1.82) is 0 Å². The summed E-state index contributed by atoms with van der Waals surface area (Å²) in [7, 11) is 0. The topological polar surface area (TPSA) is 108 Å². The first-order chi connectivity index (χ1) is 20.6. The third kappa shape index (κ3) is 7.43. The third-order valence-electron chi connectivity index (χ3n) is 7.88. The van der Waals surface area contributed by atoms with Crippen LogP contribution in [-0.2, 0) is 32.1 Å². The number of aliphatic carboxylic acids is 1. The van der Waals surface area contributed by atoms with Crippen molar-refractivity contribution < 1.29 is 33.0 Å². The lowest BCUT2D eigenvalue weighted by atomic mass is 9.83. The van der Waals surface area contributed by atoms with Crippen LogP contribution in [0.25, 0.3) is 0 Å². The van der Waals surface area contributed by atoms with Crippen LogP contribution in [0.1, 0.15) is 54.4 Å². The molecular weight excluding hydrogens is 556 g/mol. The Morgan fingerprint density at radius 3 is 2.49 bits per heavy atom. The first-order valence-corrected chi connectivity index (χ1v) is 14.2. The van der Waals surface area contributed by atoms with Crippen LogP contribution in [0.2, 0.25) is 0 Å². The number of anilines is 1. The maximum Gasteiger partial charge on any atom is 0.306 e. The molecule has 0 spiro atoms. The van der Waals surface area contributed by atoms with Crippen molar-refractivity contribution in [2.75, 3.05) is 11.9 Å². The number of carboxylic acid groups (broad SMARTS) is 1. The number of nitrogens with zero attached hydrogens (tertiary/aromatic N) is 2. The van der Waals surface area contributed by atoms with Crippen LogP contribution in [0.3, 0.4) is 0 Å².